The lowest BCUT2D eigenvalue weighted by atomic mass is 10.2. The predicted octanol–water partition coefficient (Wildman–Crippen LogP) is 1.38. The van der Waals surface area contributed by atoms with E-state index in [9.17, 15) is 13.2 Å². The van der Waals surface area contributed by atoms with Gasteiger partial charge in [0.15, 0.2) is 6.10 Å². The minimum absolute atomic E-state index is 0.155. The van der Waals surface area contributed by atoms with Crippen molar-refractivity contribution < 1.29 is 17.9 Å². The summed E-state index contributed by atoms with van der Waals surface area (Å²) in [6.45, 7) is 4.27. The van der Waals surface area contributed by atoms with E-state index in [4.69, 9.17) is 4.74 Å². The molecule has 1 rings (SSSR count). The predicted molar refractivity (Wildman–Crippen MR) is 83.1 cm³/mol. The van der Waals surface area contributed by atoms with Gasteiger partial charge in [-0.15, -0.1) is 0 Å². The number of carbonyl (C=O) groups is 1. The fourth-order valence-electron chi connectivity index (χ4n) is 1.70. The number of rotatable bonds is 7. The minimum atomic E-state index is -3.29. The van der Waals surface area contributed by atoms with Gasteiger partial charge in [0.25, 0.3) is 5.91 Å². The molecule has 0 aliphatic rings. The van der Waals surface area contributed by atoms with Gasteiger partial charge in [-0.05, 0) is 37.6 Å². The lowest BCUT2D eigenvalue weighted by Crippen LogP contribution is -2.37. The third-order valence-corrected chi connectivity index (χ3v) is 4.20. The maximum absolute atomic E-state index is 11.8. The molecule has 1 atom stereocenters. The first-order chi connectivity index (χ1) is 9.79. The van der Waals surface area contributed by atoms with E-state index in [1.807, 2.05) is 13.8 Å². The van der Waals surface area contributed by atoms with Gasteiger partial charge in [-0.25, -0.2) is 8.42 Å². The van der Waals surface area contributed by atoms with Crippen LogP contribution in [0.15, 0.2) is 24.3 Å². The van der Waals surface area contributed by atoms with Crippen LogP contribution >= 0.6 is 0 Å². The van der Waals surface area contributed by atoms with E-state index < -0.39 is 16.1 Å². The monoisotopic (exact) mass is 314 g/mol. The Labute approximate surface area is 126 Å². The molecule has 0 spiro atoms. The summed E-state index contributed by atoms with van der Waals surface area (Å²) < 4.78 is 29.7. The number of nitrogens with one attached hydrogen (secondary N) is 1. The number of hydrogen-bond acceptors (Lipinski definition) is 4. The number of nitrogens with zero attached hydrogens (tertiary/aromatic N) is 1. The van der Waals surface area contributed by atoms with Gasteiger partial charge in [-0.1, -0.05) is 6.92 Å². The standard InChI is InChI=1S/C14H22N2O4S/c1-5-13(14(17)15-6-2)20-12-9-7-11(8-10-12)16(3)21(4,18)19/h7-10,13H,5-6H2,1-4H3,(H,15,17)/t13-/m1/s1. The van der Waals surface area contributed by atoms with E-state index in [1.165, 1.54) is 11.4 Å². The summed E-state index contributed by atoms with van der Waals surface area (Å²) in [6.07, 6.45) is 1.14. The molecule has 0 radical (unpaired) electrons. The van der Waals surface area contributed by atoms with E-state index in [1.54, 1.807) is 24.3 Å². The molecule has 6 nitrogen and oxygen atoms in total. The summed E-state index contributed by atoms with van der Waals surface area (Å²) in [7, 11) is -1.81. The van der Waals surface area contributed by atoms with Crippen LogP contribution < -0.4 is 14.4 Å². The molecular formula is C14H22N2O4S. The van der Waals surface area contributed by atoms with Crippen LogP contribution in [0.2, 0.25) is 0 Å². The van der Waals surface area contributed by atoms with Crippen LogP contribution in [0.5, 0.6) is 5.75 Å². The quantitative estimate of drug-likeness (QED) is 0.825. The summed E-state index contributed by atoms with van der Waals surface area (Å²) in [5.74, 6) is 0.371. The second-order valence-electron chi connectivity index (χ2n) is 4.63. The molecule has 1 N–H and O–H groups in total. The zero-order valence-electron chi connectivity index (χ0n) is 12.8. The molecule has 1 aromatic rings. The first kappa shape index (κ1) is 17.3. The maximum Gasteiger partial charge on any atom is 0.261 e. The molecule has 0 aliphatic carbocycles. The normalized spacial score (nSPS) is 12.6. The van der Waals surface area contributed by atoms with Crippen LogP contribution in [-0.2, 0) is 14.8 Å². The Hall–Kier alpha value is -1.76. The largest absolute Gasteiger partial charge is 0.481 e. The van der Waals surface area contributed by atoms with E-state index in [2.05, 4.69) is 5.32 Å². The highest BCUT2D eigenvalue weighted by atomic mass is 32.2. The number of ether oxygens (including phenoxy) is 1. The zero-order chi connectivity index (χ0) is 16.0. The summed E-state index contributed by atoms with van der Waals surface area (Å²) in [5.41, 5.74) is 0.538. The van der Waals surface area contributed by atoms with Crippen molar-refractivity contribution in [3.05, 3.63) is 24.3 Å². The first-order valence-electron chi connectivity index (χ1n) is 6.77. The Kier molecular flexibility index (Phi) is 6.02. The third-order valence-electron chi connectivity index (χ3n) is 2.99. The molecule has 0 saturated carbocycles. The second-order valence-corrected chi connectivity index (χ2v) is 6.65. The molecule has 0 bridgehead atoms. The van der Waals surface area contributed by atoms with Crippen LogP contribution in [0.1, 0.15) is 20.3 Å². The summed E-state index contributed by atoms with van der Waals surface area (Å²) in [5, 5.41) is 2.71. The van der Waals surface area contributed by atoms with Crippen LogP contribution in [-0.4, -0.2) is 40.3 Å². The van der Waals surface area contributed by atoms with E-state index in [-0.39, 0.29) is 5.91 Å². The van der Waals surface area contributed by atoms with Crippen LogP contribution in [0.4, 0.5) is 5.69 Å². The fourth-order valence-corrected chi connectivity index (χ4v) is 2.21. The lowest BCUT2D eigenvalue weighted by molar-refractivity contribution is -0.128. The topological polar surface area (TPSA) is 75.7 Å². The van der Waals surface area contributed by atoms with Crippen molar-refractivity contribution in [3.8, 4) is 5.75 Å². The van der Waals surface area contributed by atoms with Crippen LogP contribution in [0.3, 0.4) is 0 Å². The van der Waals surface area contributed by atoms with E-state index in [0.717, 1.165) is 6.26 Å². The SMILES string of the molecule is CCNC(=O)[C@@H](CC)Oc1ccc(N(C)S(C)(=O)=O)cc1. The lowest BCUT2D eigenvalue weighted by Gasteiger charge is -2.19. The molecule has 1 aromatic carbocycles. The number of hydrogen-bond donors (Lipinski definition) is 1. The molecule has 0 aliphatic heterocycles. The molecule has 7 heteroatoms. The van der Waals surface area contributed by atoms with Crippen molar-refractivity contribution in [2.24, 2.45) is 0 Å². The van der Waals surface area contributed by atoms with E-state index >= 15 is 0 Å². The molecule has 118 valence electrons. The van der Waals surface area contributed by atoms with Gasteiger partial charge in [0.1, 0.15) is 5.75 Å². The van der Waals surface area contributed by atoms with E-state index in [0.29, 0.717) is 24.4 Å². The maximum atomic E-state index is 11.8. The number of benzene rings is 1. The van der Waals surface area contributed by atoms with Gasteiger partial charge >= 0.3 is 0 Å². The number of carbonyl (C=O) groups excluding carboxylic acids is 1. The highest BCUT2D eigenvalue weighted by Crippen LogP contribution is 2.21. The molecule has 0 fully saturated rings. The molecule has 1 amide bonds. The van der Waals surface area contributed by atoms with Gasteiger partial charge in [0, 0.05) is 13.6 Å². The molecule has 0 unspecified atom stereocenters. The number of amides is 1. The molecule has 0 heterocycles. The van der Waals surface area contributed by atoms with Crippen molar-refractivity contribution in [1.82, 2.24) is 5.32 Å². The summed E-state index contributed by atoms with van der Waals surface area (Å²) >= 11 is 0. The smallest absolute Gasteiger partial charge is 0.261 e. The highest BCUT2D eigenvalue weighted by molar-refractivity contribution is 7.92. The Morgan fingerprint density at radius 3 is 2.29 bits per heavy atom. The molecule has 0 saturated heterocycles. The van der Waals surface area contributed by atoms with Crippen LogP contribution in [0, 0.1) is 0 Å². The van der Waals surface area contributed by atoms with Crippen LogP contribution in [0.25, 0.3) is 0 Å². The Balaban J connectivity index is 2.81. The van der Waals surface area contributed by atoms with Gasteiger partial charge in [0.2, 0.25) is 10.0 Å². The van der Waals surface area contributed by atoms with Gasteiger partial charge < -0.3 is 10.1 Å². The fraction of sp³-hybridized carbons (Fsp3) is 0.500. The minimum Gasteiger partial charge on any atom is -0.481 e. The zero-order valence-corrected chi connectivity index (χ0v) is 13.6. The van der Waals surface area contributed by atoms with Crippen molar-refractivity contribution in [3.63, 3.8) is 0 Å². The first-order valence-corrected chi connectivity index (χ1v) is 8.62. The number of sulfonamides is 1. The molecular weight excluding hydrogens is 292 g/mol. The number of likely N-dealkylation sites (N-methyl/N-ethyl adjacent to an activating group) is 1. The van der Waals surface area contributed by atoms with Crippen molar-refractivity contribution in [1.29, 1.82) is 0 Å². The molecule has 0 aromatic heterocycles. The Bertz CT molecular complexity index is 569. The van der Waals surface area contributed by atoms with Crippen molar-refractivity contribution in [2.45, 2.75) is 26.4 Å². The second kappa shape index (κ2) is 7.31. The third kappa shape index (κ3) is 4.93. The van der Waals surface area contributed by atoms with Crippen molar-refractivity contribution in [2.75, 3.05) is 24.2 Å². The average molecular weight is 314 g/mol. The van der Waals surface area contributed by atoms with Gasteiger partial charge in [0.05, 0.1) is 11.9 Å². The Morgan fingerprint density at radius 1 is 1.29 bits per heavy atom. The molecule has 21 heavy (non-hydrogen) atoms. The van der Waals surface area contributed by atoms with Gasteiger partial charge in [-0.3, -0.25) is 9.10 Å². The average Bonchev–Trinajstić information content (AvgIpc) is 2.43. The Morgan fingerprint density at radius 2 is 1.86 bits per heavy atom. The summed E-state index contributed by atoms with van der Waals surface area (Å²) in [4.78, 5) is 11.8. The highest BCUT2D eigenvalue weighted by Gasteiger charge is 2.18. The number of anilines is 1. The van der Waals surface area contributed by atoms with Crippen molar-refractivity contribution >= 4 is 21.6 Å². The van der Waals surface area contributed by atoms with Gasteiger partial charge in [-0.2, -0.15) is 0 Å². The summed E-state index contributed by atoms with van der Waals surface area (Å²) in [6, 6.07) is 6.58.